The molecule has 3 nitrogen and oxygen atoms in total. The number of fused-ring (bicyclic) bond motifs is 1. The second-order valence-corrected chi connectivity index (χ2v) is 3.28. The van der Waals surface area contributed by atoms with Crippen molar-refractivity contribution in [2.45, 2.75) is 12.2 Å². The summed E-state index contributed by atoms with van der Waals surface area (Å²) in [6.45, 7) is 0.548. The molecule has 0 aromatic heterocycles. The largest absolute Gasteiger partial charge is 0.490 e. The van der Waals surface area contributed by atoms with Gasteiger partial charge in [-0.3, -0.25) is 0 Å². The van der Waals surface area contributed by atoms with Crippen molar-refractivity contribution in [1.29, 1.82) is 0 Å². The summed E-state index contributed by atoms with van der Waals surface area (Å²) in [5, 5.41) is 0. The van der Waals surface area contributed by atoms with Crippen LogP contribution in [0.2, 0.25) is 0 Å². The molecule has 1 heterocycles. The van der Waals surface area contributed by atoms with E-state index < -0.39 is 0 Å². The molecule has 0 saturated heterocycles. The van der Waals surface area contributed by atoms with Crippen LogP contribution in [0, 0.1) is 0 Å². The lowest BCUT2D eigenvalue weighted by atomic mass is 10.0. The number of hydrogen-bond acceptors (Lipinski definition) is 3. The summed E-state index contributed by atoms with van der Waals surface area (Å²) in [7, 11) is 3.37. The molecule has 1 aromatic carbocycles. The van der Waals surface area contributed by atoms with Crippen LogP contribution in [0.15, 0.2) is 24.3 Å². The molecule has 2 rings (SSSR count). The number of hydrogen-bond donors (Lipinski definition) is 0. The van der Waals surface area contributed by atoms with Crippen molar-refractivity contribution in [2.75, 3.05) is 20.8 Å². The van der Waals surface area contributed by atoms with Crippen LogP contribution >= 0.6 is 0 Å². The zero-order valence-electron chi connectivity index (χ0n) is 8.40. The van der Waals surface area contributed by atoms with E-state index in [1.54, 1.807) is 14.2 Å². The Morgan fingerprint density at radius 2 is 2.00 bits per heavy atom. The fourth-order valence-electron chi connectivity index (χ4n) is 1.78. The van der Waals surface area contributed by atoms with E-state index in [0.717, 1.165) is 11.3 Å². The average molecular weight is 194 g/mol. The van der Waals surface area contributed by atoms with Gasteiger partial charge in [0.2, 0.25) is 0 Å². The van der Waals surface area contributed by atoms with Crippen LogP contribution in [0.4, 0.5) is 0 Å². The molecule has 0 spiro atoms. The molecule has 0 radical (unpaired) electrons. The van der Waals surface area contributed by atoms with Gasteiger partial charge in [-0.15, -0.1) is 0 Å². The Morgan fingerprint density at radius 3 is 2.71 bits per heavy atom. The van der Waals surface area contributed by atoms with Crippen LogP contribution in [-0.2, 0) is 9.47 Å². The Labute approximate surface area is 83.6 Å². The van der Waals surface area contributed by atoms with E-state index in [1.165, 1.54) is 0 Å². The third-order valence-electron chi connectivity index (χ3n) is 2.52. The predicted octanol–water partition coefficient (Wildman–Crippen LogP) is 1.78. The first-order valence-corrected chi connectivity index (χ1v) is 4.64. The third-order valence-corrected chi connectivity index (χ3v) is 2.52. The summed E-state index contributed by atoms with van der Waals surface area (Å²) in [5.41, 5.74) is 1.06. The van der Waals surface area contributed by atoms with Crippen LogP contribution in [-0.4, -0.2) is 26.9 Å². The van der Waals surface area contributed by atoms with Crippen molar-refractivity contribution in [2.24, 2.45) is 0 Å². The van der Waals surface area contributed by atoms with Gasteiger partial charge >= 0.3 is 0 Å². The molecule has 0 bridgehead atoms. The van der Waals surface area contributed by atoms with Crippen molar-refractivity contribution >= 4 is 0 Å². The Kier molecular flexibility index (Phi) is 2.70. The highest BCUT2D eigenvalue weighted by atomic mass is 16.6. The fraction of sp³-hybridized carbons (Fsp3) is 0.455. The molecular formula is C11H14O3. The first kappa shape index (κ1) is 9.49. The first-order chi connectivity index (χ1) is 6.86. The highest BCUT2D eigenvalue weighted by molar-refractivity contribution is 5.37. The highest BCUT2D eigenvalue weighted by Crippen LogP contribution is 2.34. The van der Waals surface area contributed by atoms with Gasteiger partial charge in [0.15, 0.2) is 0 Å². The van der Waals surface area contributed by atoms with Crippen LogP contribution < -0.4 is 4.74 Å². The van der Waals surface area contributed by atoms with Gasteiger partial charge in [-0.05, 0) is 6.07 Å². The molecule has 3 heteroatoms. The number of rotatable bonds is 2. The summed E-state index contributed by atoms with van der Waals surface area (Å²) < 4.78 is 16.3. The summed E-state index contributed by atoms with van der Waals surface area (Å²) in [4.78, 5) is 0. The quantitative estimate of drug-likeness (QED) is 0.718. The van der Waals surface area contributed by atoms with Gasteiger partial charge in [-0.2, -0.15) is 0 Å². The Morgan fingerprint density at radius 1 is 1.21 bits per heavy atom. The zero-order valence-corrected chi connectivity index (χ0v) is 8.40. The fourth-order valence-corrected chi connectivity index (χ4v) is 1.78. The zero-order chi connectivity index (χ0) is 9.97. The lowest BCUT2D eigenvalue weighted by molar-refractivity contribution is -0.0700. The van der Waals surface area contributed by atoms with E-state index in [-0.39, 0.29) is 12.2 Å². The van der Waals surface area contributed by atoms with Gasteiger partial charge < -0.3 is 14.2 Å². The third kappa shape index (κ3) is 1.49. The van der Waals surface area contributed by atoms with E-state index >= 15 is 0 Å². The summed E-state index contributed by atoms with van der Waals surface area (Å²) in [5.74, 6) is 0.896. The van der Waals surface area contributed by atoms with Crippen molar-refractivity contribution in [3.05, 3.63) is 29.8 Å². The summed E-state index contributed by atoms with van der Waals surface area (Å²) in [6, 6.07) is 7.90. The van der Waals surface area contributed by atoms with Gasteiger partial charge in [0.25, 0.3) is 0 Å². The highest BCUT2D eigenvalue weighted by Gasteiger charge is 2.30. The number of ether oxygens (including phenoxy) is 3. The lowest BCUT2D eigenvalue weighted by Crippen LogP contribution is -2.33. The Bertz CT molecular complexity index is 311. The van der Waals surface area contributed by atoms with E-state index in [0.29, 0.717) is 6.61 Å². The molecule has 1 aromatic rings. The number of benzene rings is 1. The van der Waals surface area contributed by atoms with Crippen molar-refractivity contribution in [3.8, 4) is 5.75 Å². The van der Waals surface area contributed by atoms with Crippen molar-refractivity contribution in [3.63, 3.8) is 0 Å². The smallest absolute Gasteiger partial charge is 0.125 e. The maximum atomic E-state index is 5.55. The molecule has 1 aliphatic heterocycles. The van der Waals surface area contributed by atoms with Gasteiger partial charge in [-0.25, -0.2) is 0 Å². The lowest BCUT2D eigenvalue weighted by Gasteiger charge is -2.31. The van der Waals surface area contributed by atoms with Crippen molar-refractivity contribution < 1.29 is 14.2 Å². The van der Waals surface area contributed by atoms with Gasteiger partial charge in [0, 0.05) is 19.8 Å². The Hall–Kier alpha value is -1.06. The topological polar surface area (TPSA) is 27.7 Å². The van der Waals surface area contributed by atoms with Crippen LogP contribution in [0.1, 0.15) is 11.7 Å². The molecule has 0 amide bonds. The molecule has 0 N–H and O–H groups in total. The molecule has 0 saturated carbocycles. The van der Waals surface area contributed by atoms with E-state index in [4.69, 9.17) is 14.2 Å². The van der Waals surface area contributed by atoms with Crippen molar-refractivity contribution in [1.82, 2.24) is 0 Å². The van der Waals surface area contributed by atoms with Crippen LogP contribution in [0.5, 0.6) is 5.75 Å². The van der Waals surface area contributed by atoms with E-state index in [9.17, 15) is 0 Å². The maximum absolute atomic E-state index is 5.55. The molecule has 0 unspecified atom stereocenters. The Balaban J connectivity index is 2.34. The predicted molar refractivity (Wildman–Crippen MR) is 52.5 cm³/mol. The monoisotopic (exact) mass is 194 g/mol. The molecule has 76 valence electrons. The molecular weight excluding hydrogens is 180 g/mol. The molecule has 2 atom stereocenters. The average Bonchev–Trinajstić information content (AvgIpc) is 2.27. The molecule has 1 aliphatic rings. The van der Waals surface area contributed by atoms with Gasteiger partial charge in [0.05, 0.1) is 0 Å². The van der Waals surface area contributed by atoms with E-state index in [2.05, 4.69) is 0 Å². The summed E-state index contributed by atoms with van der Waals surface area (Å²) >= 11 is 0. The first-order valence-electron chi connectivity index (χ1n) is 4.64. The molecule has 14 heavy (non-hydrogen) atoms. The minimum absolute atomic E-state index is 0.0186. The SMILES string of the molecule is CO[C@@H]1c2ccccc2OC[C@H]1OC. The molecule has 0 fully saturated rings. The van der Waals surface area contributed by atoms with Gasteiger partial charge in [-0.1, -0.05) is 18.2 Å². The van der Waals surface area contributed by atoms with Gasteiger partial charge in [0.1, 0.15) is 24.6 Å². The molecule has 0 aliphatic carbocycles. The maximum Gasteiger partial charge on any atom is 0.125 e. The second-order valence-electron chi connectivity index (χ2n) is 3.28. The minimum Gasteiger partial charge on any atom is -0.490 e. The standard InChI is InChI=1S/C11H14O3/c1-12-10-7-14-9-6-4-3-5-8(9)11(10)13-2/h3-6,10-11H,7H2,1-2H3/t10-,11-/m1/s1. The number of methoxy groups -OCH3 is 2. The number of para-hydroxylation sites is 1. The second kappa shape index (κ2) is 3.98. The van der Waals surface area contributed by atoms with Crippen LogP contribution in [0.3, 0.4) is 0 Å². The van der Waals surface area contributed by atoms with E-state index in [1.807, 2.05) is 24.3 Å². The summed E-state index contributed by atoms with van der Waals surface area (Å²) in [6.07, 6.45) is -0.0418. The normalized spacial score (nSPS) is 25.3. The van der Waals surface area contributed by atoms with Crippen LogP contribution in [0.25, 0.3) is 0 Å². The minimum atomic E-state index is -0.0232.